The molecule has 1 amide bonds. The van der Waals surface area contributed by atoms with Crippen molar-refractivity contribution in [1.82, 2.24) is 20.3 Å². The van der Waals surface area contributed by atoms with E-state index in [1.165, 1.54) is 6.33 Å². The lowest BCUT2D eigenvalue weighted by Gasteiger charge is -2.27. The summed E-state index contributed by atoms with van der Waals surface area (Å²) >= 11 is 0. The Morgan fingerprint density at radius 1 is 1.08 bits per heavy atom. The number of nitrogen functional groups attached to an aromatic ring is 1. The Hall–Kier alpha value is -4.24. The van der Waals surface area contributed by atoms with Gasteiger partial charge in [-0.15, -0.1) is 0 Å². The van der Waals surface area contributed by atoms with Crippen LogP contribution in [0.25, 0.3) is 10.9 Å². The van der Waals surface area contributed by atoms with E-state index in [1.54, 1.807) is 0 Å². The summed E-state index contributed by atoms with van der Waals surface area (Å²) in [4.78, 5) is 24.2. The van der Waals surface area contributed by atoms with E-state index in [4.69, 9.17) is 11.1 Å². The van der Waals surface area contributed by atoms with E-state index in [2.05, 4.69) is 25.6 Å². The highest BCUT2D eigenvalue weighted by atomic mass is 16.3. The number of aliphatic hydroxyl groups is 1. The quantitative estimate of drug-likeness (QED) is 0.221. The molecule has 1 aliphatic carbocycles. The first kappa shape index (κ1) is 23.5. The van der Waals surface area contributed by atoms with Crippen molar-refractivity contribution in [3.63, 3.8) is 0 Å². The first-order chi connectivity index (χ1) is 17.5. The number of carbonyl (C=O) groups excluding carboxylic acids is 1. The average Bonchev–Trinajstić information content (AvgIpc) is 3.33. The molecular weight excluding hydrogens is 454 g/mol. The van der Waals surface area contributed by atoms with E-state index in [0.29, 0.717) is 29.2 Å². The third kappa shape index (κ3) is 5.06. The van der Waals surface area contributed by atoms with Gasteiger partial charge in [0.15, 0.2) is 0 Å². The number of para-hydroxylation sites is 1. The molecule has 2 heterocycles. The fourth-order valence-corrected chi connectivity index (χ4v) is 4.58. The number of hydrogen-bond acceptors (Lipinski definition) is 7. The van der Waals surface area contributed by atoms with Crippen LogP contribution >= 0.6 is 0 Å². The van der Waals surface area contributed by atoms with Crippen LogP contribution in [0.1, 0.15) is 52.9 Å². The molecule has 5 rings (SSSR count). The van der Waals surface area contributed by atoms with Gasteiger partial charge in [-0.2, -0.15) is 0 Å². The molecule has 36 heavy (non-hydrogen) atoms. The minimum absolute atomic E-state index is 0.164. The van der Waals surface area contributed by atoms with Gasteiger partial charge in [0.05, 0.1) is 17.4 Å². The molecule has 0 spiro atoms. The minimum Gasteiger partial charge on any atom is -0.393 e. The van der Waals surface area contributed by atoms with Crippen molar-refractivity contribution in [1.29, 1.82) is 5.41 Å². The summed E-state index contributed by atoms with van der Waals surface area (Å²) in [5.41, 5.74) is 9.86. The maximum Gasteiger partial charge on any atom is 0.267 e. The first-order valence-electron chi connectivity index (χ1n) is 12.1. The Balaban J connectivity index is 1.25. The highest BCUT2D eigenvalue weighted by Crippen LogP contribution is 2.26. The van der Waals surface area contributed by atoms with Crippen molar-refractivity contribution in [3.8, 4) is 0 Å². The molecule has 9 nitrogen and oxygen atoms in total. The van der Waals surface area contributed by atoms with E-state index in [9.17, 15) is 9.90 Å². The van der Waals surface area contributed by atoms with Crippen LogP contribution < -0.4 is 16.4 Å². The number of rotatable bonds is 7. The zero-order valence-corrected chi connectivity index (χ0v) is 19.8. The number of nitrogens with zero attached hydrogens (tertiary/aromatic N) is 2. The summed E-state index contributed by atoms with van der Waals surface area (Å²) < 4.78 is 0. The van der Waals surface area contributed by atoms with Crippen molar-refractivity contribution in [2.24, 2.45) is 0 Å². The second kappa shape index (κ2) is 10.2. The number of nitrogens with two attached hydrogens (primary N) is 1. The zero-order valence-electron chi connectivity index (χ0n) is 19.8. The maximum atomic E-state index is 12.6. The molecule has 2 aromatic heterocycles. The van der Waals surface area contributed by atoms with Crippen LogP contribution in [-0.2, 0) is 6.54 Å². The van der Waals surface area contributed by atoms with E-state index in [0.717, 1.165) is 42.1 Å². The van der Waals surface area contributed by atoms with Crippen molar-refractivity contribution < 1.29 is 9.90 Å². The number of H-pyrrole nitrogens is 1. The third-order valence-electron chi connectivity index (χ3n) is 6.63. The van der Waals surface area contributed by atoms with Crippen LogP contribution in [0.15, 0.2) is 60.9 Å². The van der Waals surface area contributed by atoms with Gasteiger partial charge in [0, 0.05) is 29.1 Å². The first-order valence-corrected chi connectivity index (χ1v) is 12.1. The van der Waals surface area contributed by atoms with Crippen molar-refractivity contribution in [2.45, 2.75) is 44.4 Å². The predicted octanol–water partition coefficient (Wildman–Crippen LogP) is 3.60. The lowest BCUT2D eigenvalue weighted by atomic mass is 9.93. The second-order valence-electron chi connectivity index (χ2n) is 9.16. The summed E-state index contributed by atoms with van der Waals surface area (Å²) in [6.07, 6.45) is 4.28. The molecule has 4 aromatic rings. The van der Waals surface area contributed by atoms with Crippen LogP contribution in [-0.4, -0.2) is 43.8 Å². The predicted molar refractivity (Wildman–Crippen MR) is 140 cm³/mol. The third-order valence-corrected chi connectivity index (χ3v) is 6.63. The zero-order chi connectivity index (χ0) is 25.1. The summed E-state index contributed by atoms with van der Waals surface area (Å²) in [5, 5.41) is 25.9. The minimum atomic E-state index is -0.248. The van der Waals surface area contributed by atoms with Gasteiger partial charge < -0.3 is 26.5 Å². The van der Waals surface area contributed by atoms with Crippen LogP contribution in [0.3, 0.4) is 0 Å². The monoisotopic (exact) mass is 483 g/mol. The Bertz CT molecular complexity index is 1360. The number of aliphatic hydroxyl groups excluding tert-OH is 1. The molecule has 0 saturated heterocycles. The van der Waals surface area contributed by atoms with Gasteiger partial charge in [0.2, 0.25) is 0 Å². The van der Waals surface area contributed by atoms with Gasteiger partial charge in [-0.3, -0.25) is 10.2 Å². The van der Waals surface area contributed by atoms with E-state index in [1.807, 2.05) is 54.6 Å². The largest absolute Gasteiger partial charge is 0.393 e. The molecule has 184 valence electrons. The number of benzene rings is 2. The molecule has 0 radical (unpaired) electrons. The number of aromatic nitrogens is 3. The molecule has 1 aliphatic rings. The van der Waals surface area contributed by atoms with E-state index in [-0.39, 0.29) is 29.6 Å². The maximum absolute atomic E-state index is 12.6. The van der Waals surface area contributed by atoms with Crippen LogP contribution in [0, 0.1) is 5.41 Å². The fraction of sp³-hybridized carbons (Fsp3) is 0.259. The van der Waals surface area contributed by atoms with Crippen LogP contribution in [0.2, 0.25) is 0 Å². The average molecular weight is 484 g/mol. The standard InChI is InChI=1S/C27H29N7O2/c28-24(23-25(29)31-15-32-26(23)33-19-9-11-20(35)12-10-19)17-7-5-16(6-8-17)14-30-27(36)22-13-18-3-1-2-4-21(18)34-22/h1-8,13,15,19-20,28,34-35H,9-12,14H2,(H,30,36)(H3,29,31,32,33). The number of carbonyl (C=O) groups is 1. The molecule has 7 N–H and O–H groups in total. The Morgan fingerprint density at radius 2 is 1.83 bits per heavy atom. The van der Waals surface area contributed by atoms with Crippen molar-refractivity contribution in [3.05, 3.63) is 83.3 Å². The Morgan fingerprint density at radius 3 is 2.58 bits per heavy atom. The van der Waals surface area contributed by atoms with Crippen LogP contribution in [0.5, 0.6) is 0 Å². The molecule has 0 atom stereocenters. The second-order valence-corrected chi connectivity index (χ2v) is 9.16. The molecule has 1 fully saturated rings. The van der Waals surface area contributed by atoms with Crippen LogP contribution in [0.4, 0.5) is 11.6 Å². The van der Waals surface area contributed by atoms with E-state index >= 15 is 0 Å². The number of amides is 1. The molecule has 0 aliphatic heterocycles. The van der Waals surface area contributed by atoms with E-state index < -0.39 is 0 Å². The van der Waals surface area contributed by atoms with Crippen molar-refractivity contribution in [2.75, 3.05) is 11.1 Å². The van der Waals surface area contributed by atoms with Gasteiger partial charge in [-0.1, -0.05) is 42.5 Å². The molecule has 0 unspecified atom stereocenters. The molecular formula is C27H29N7O2. The lowest BCUT2D eigenvalue weighted by Crippen LogP contribution is -2.29. The number of hydrogen-bond donors (Lipinski definition) is 6. The van der Waals surface area contributed by atoms with Crippen molar-refractivity contribution >= 4 is 34.2 Å². The number of aromatic amines is 1. The molecule has 9 heteroatoms. The number of anilines is 2. The lowest BCUT2D eigenvalue weighted by molar-refractivity contribution is 0.0946. The summed E-state index contributed by atoms with van der Waals surface area (Å²) in [6, 6.07) is 17.2. The van der Waals surface area contributed by atoms with Gasteiger partial charge in [0.1, 0.15) is 23.7 Å². The van der Waals surface area contributed by atoms with Gasteiger partial charge in [-0.25, -0.2) is 9.97 Å². The fourth-order valence-electron chi connectivity index (χ4n) is 4.58. The normalized spacial score (nSPS) is 17.6. The Kier molecular flexibility index (Phi) is 6.64. The van der Waals surface area contributed by atoms with Gasteiger partial charge >= 0.3 is 0 Å². The summed E-state index contributed by atoms with van der Waals surface area (Å²) in [7, 11) is 0. The van der Waals surface area contributed by atoms with Gasteiger partial charge in [0.25, 0.3) is 5.91 Å². The summed E-state index contributed by atoms with van der Waals surface area (Å²) in [6.45, 7) is 0.360. The molecule has 1 saturated carbocycles. The summed E-state index contributed by atoms with van der Waals surface area (Å²) in [5.74, 6) is 0.592. The topological polar surface area (TPSA) is 153 Å². The molecule has 2 aromatic carbocycles. The molecule has 0 bridgehead atoms. The smallest absolute Gasteiger partial charge is 0.267 e. The SMILES string of the molecule is N=C(c1ccc(CNC(=O)c2cc3ccccc3[nH]2)cc1)c1c(N)ncnc1NC1CCC(O)CC1. The van der Waals surface area contributed by atoms with Gasteiger partial charge in [-0.05, 0) is 43.4 Å². The Labute approximate surface area is 208 Å². The highest BCUT2D eigenvalue weighted by Gasteiger charge is 2.23. The highest BCUT2D eigenvalue weighted by molar-refractivity contribution is 6.16. The number of fused-ring (bicyclic) bond motifs is 1. The number of nitrogens with one attached hydrogen (secondary N) is 4.